The monoisotopic (exact) mass is 649 g/mol. The number of ether oxygens (including phenoxy) is 5. The zero-order valence-corrected chi connectivity index (χ0v) is 28.2. The van der Waals surface area contributed by atoms with Crippen LogP contribution in [0.2, 0.25) is 0 Å². The highest BCUT2D eigenvalue weighted by Gasteiger charge is 2.27. The molecule has 12 nitrogen and oxygen atoms in total. The number of benzene rings is 2. The molecule has 2 bridgehead atoms. The molecule has 3 heterocycles. The first-order chi connectivity index (χ1) is 22.9. The summed E-state index contributed by atoms with van der Waals surface area (Å²) in [4.78, 5) is 38.0. The molecule has 5 rings (SSSR count). The SMILES string of the molecule is CCN1CCN(C(=O)COc2cccc(OC)c2)CCC(=O)NCC2CCCN(C2)c2nc3cc(OC)c(OC)c(OC)c3cc2C1. The maximum absolute atomic E-state index is 13.5. The van der Waals surface area contributed by atoms with Crippen LogP contribution in [0.1, 0.15) is 31.7 Å². The van der Waals surface area contributed by atoms with E-state index < -0.39 is 0 Å². The van der Waals surface area contributed by atoms with Crippen LogP contribution in [0.15, 0.2) is 36.4 Å². The third kappa shape index (κ3) is 8.10. The van der Waals surface area contributed by atoms with Crippen molar-refractivity contribution in [3.05, 3.63) is 42.0 Å². The van der Waals surface area contributed by atoms with Crippen LogP contribution in [0.4, 0.5) is 5.82 Å². The van der Waals surface area contributed by atoms with Crippen molar-refractivity contribution in [3.8, 4) is 28.7 Å². The van der Waals surface area contributed by atoms with Gasteiger partial charge in [0.1, 0.15) is 17.3 Å². The van der Waals surface area contributed by atoms with Gasteiger partial charge in [0.15, 0.2) is 18.1 Å². The molecule has 0 spiro atoms. The van der Waals surface area contributed by atoms with Gasteiger partial charge in [0.25, 0.3) is 5.91 Å². The van der Waals surface area contributed by atoms with Crippen LogP contribution >= 0.6 is 0 Å². The number of aromatic nitrogens is 1. The summed E-state index contributed by atoms with van der Waals surface area (Å²) in [7, 11) is 6.41. The number of amides is 2. The van der Waals surface area contributed by atoms with Crippen molar-refractivity contribution in [1.82, 2.24) is 20.1 Å². The number of hydrogen-bond donors (Lipinski definition) is 1. The zero-order valence-electron chi connectivity index (χ0n) is 28.2. The number of methoxy groups -OCH3 is 4. The number of carbonyl (C=O) groups excluding carboxylic acids is 2. The largest absolute Gasteiger partial charge is 0.497 e. The molecule has 1 N–H and O–H groups in total. The Labute approximate surface area is 276 Å². The van der Waals surface area contributed by atoms with Gasteiger partial charge in [-0.05, 0) is 43.5 Å². The number of nitrogens with zero attached hydrogens (tertiary/aromatic N) is 4. The number of likely N-dealkylation sites (N-methyl/N-ethyl adjacent to an activating group) is 1. The molecule has 3 aromatic rings. The summed E-state index contributed by atoms with van der Waals surface area (Å²) in [5.74, 6) is 3.79. The molecular weight excluding hydrogens is 602 g/mol. The van der Waals surface area contributed by atoms with Gasteiger partial charge < -0.3 is 38.8 Å². The van der Waals surface area contributed by atoms with E-state index >= 15 is 0 Å². The van der Waals surface area contributed by atoms with Crippen molar-refractivity contribution in [2.24, 2.45) is 5.92 Å². The summed E-state index contributed by atoms with van der Waals surface area (Å²) >= 11 is 0. The quantitative estimate of drug-likeness (QED) is 0.387. The van der Waals surface area contributed by atoms with Crippen LogP contribution in [0.25, 0.3) is 10.9 Å². The van der Waals surface area contributed by atoms with Crippen molar-refractivity contribution in [2.45, 2.75) is 32.7 Å². The zero-order chi connectivity index (χ0) is 33.3. The van der Waals surface area contributed by atoms with Crippen LogP contribution in [0.5, 0.6) is 28.7 Å². The van der Waals surface area contributed by atoms with E-state index in [4.69, 9.17) is 28.7 Å². The van der Waals surface area contributed by atoms with E-state index in [0.29, 0.717) is 61.5 Å². The summed E-state index contributed by atoms with van der Waals surface area (Å²) < 4.78 is 28.3. The first-order valence-electron chi connectivity index (χ1n) is 16.3. The molecule has 0 saturated carbocycles. The Morgan fingerprint density at radius 3 is 2.51 bits per heavy atom. The summed E-state index contributed by atoms with van der Waals surface area (Å²) in [6.07, 6.45) is 2.25. The van der Waals surface area contributed by atoms with Crippen molar-refractivity contribution < 1.29 is 33.3 Å². The van der Waals surface area contributed by atoms with Gasteiger partial charge in [0.2, 0.25) is 11.7 Å². The van der Waals surface area contributed by atoms with E-state index in [9.17, 15) is 9.59 Å². The standard InChI is InChI=1S/C35H47N5O7/c1-6-38-15-16-39(32(42)23-47-27-11-7-10-26(18-27)43-2)14-12-31(41)36-20-24-9-8-13-40(21-24)35-25(22-38)17-28-29(37-35)19-30(44-3)34(46-5)33(28)45-4/h7,10-11,17-19,24H,6,8-9,12-16,20-23H2,1-5H3,(H,36,41). The fourth-order valence-electron chi connectivity index (χ4n) is 6.36. The third-order valence-corrected chi connectivity index (χ3v) is 8.98. The normalized spacial score (nSPS) is 18.0. The lowest BCUT2D eigenvalue weighted by Crippen LogP contribution is -2.43. The van der Waals surface area contributed by atoms with Gasteiger partial charge in [-0.2, -0.15) is 0 Å². The van der Waals surface area contributed by atoms with E-state index in [1.807, 2.05) is 18.2 Å². The van der Waals surface area contributed by atoms with Crippen molar-refractivity contribution in [1.29, 1.82) is 0 Å². The number of fused-ring (bicyclic) bond motifs is 5. The molecule has 12 heteroatoms. The minimum absolute atomic E-state index is 0.0616. The topological polar surface area (TPSA) is 115 Å². The Morgan fingerprint density at radius 1 is 0.957 bits per heavy atom. The number of carbonyl (C=O) groups is 2. The minimum Gasteiger partial charge on any atom is -0.497 e. The van der Waals surface area contributed by atoms with Gasteiger partial charge in [-0.25, -0.2) is 4.98 Å². The molecule has 2 aromatic carbocycles. The lowest BCUT2D eigenvalue weighted by molar-refractivity contribution is -0.134. The maximum Gasteiger partial charge on any atom is 0.260 e. The second kappa shape index (κ2) is 15.9. The molecule has 1 saturated heterocycles. The molecule has 0 radical (unpaired) electrons. The van der Waals surface area contributed by atoms with Crippen LogP contribution in [0.3, 0.4) is 0 Å². The molecular formula is C35H47N5O7. The summed E-state index contributed by atoms with van der Waals surface area (Å²) in [5.41, 5.74) is 1.81. The predicted molar refractivity (Wildman–Crippen MR) is 180 cm³/mol. The first kappa shape index (κ1) is 33.9. The molecule has 254 valence electrons. The molecule has 2 amide bonds. The van der Waals surface area contributed by atoms with E-state index in [0.717, 1.165) is 54.8 Å². The van der Waals surface area contributed by atoms with Gasteiger partial charge in [-0.3, -0.25) is 14.5 Å². The van der Waals surface area contributed by atoms with E-state index in [1.165, 1.54) is 0 Å². The third-order valence-electron chi connectivity index (χ3n) is 8.98. The average molecular weight is 650 g/mol. The first-order valence-corrected chi connectivity index (χ1v) is 16.3. The summed E-state index contributed by atoms with van der Waals surface area (Å²) in [6.45, 7) is 6.94. The smallest absolute Gasteiger partial charge is 0.260 e. The Hall–Kier alpha value is -4.45. The highest BCUT2D eigenvalue weighted by Crippen LogP contribution is 2.44. The molecule has 2 aliphatic heterocycles. The van der Waals surface area contributed by atoms with Crippen molar-refractivity contribution >= 4 is 28.5 Å². The van der Waals surface area contributed by atoms with Crippen LogP contribution in [0, 0.1) is 5.92 Å². The molecule has 1 fully saturated rings. The highest BCUT2D eigenvalue weighted by atomic mass is 16.5. The summed E-state index contributed by atoms with van der Waals surface area (Å²) in [5, 5.41) is 3.97. The lowest BCUT2D eigenvalue weighted by Gasteiger charge is -2.35. The number of hydrogen-bond acceptors (Lipinski definition) is 10. The van der Waals surface area contributed by atoms with Crippen molar-refractivity contribution in [2.75, 3.05) is 85.8 Å². The molecule has 2 aliphatic rings. The Bertz CT molecular complexity index is 1550. The van der Waals surface area contributed by atoms with E-state index in [2.05, 4.69) is 28.1 Å². The summed E-state index contributed by atoms with van der Waals surface area (Å²) in [6, 6.07) is 11.2. The molecule has 0 aliphatic carbocycles. The lowest BCUT2D eigenvalue weighted by atomic mass is 9.97. The van der Waals surface area contributed by atoms with Gasteiger partial charge in [-0.1, -0.05) is 13.0 Å². The highest BCUT2D eigenvalue weighted by molar-refractivity contribution is 5.92. The Morgan fingerprint density at radius 2 is 1.77 bits per heavy atom. The van der Waals surface area contributed by atoms with E-state index in [1.54, 1.807) is 45.5 Å². The second-order valence-electron chi connectivity index (χ2n) is 11.9. The van der Waals surface area contributed by atoms with Crippen LogP contribution < -0.4 is 33.9 Å². The molecule has 1 atom stereocenters. The fourth-order valence-corrected chi connectivity index (χ4v) is 6.36. The molecule has 47 heavy (non-hydrogen) atoms. The van der Waals surface area contributed by atoms with Gasteiger partial charge >= 0.3 is 0 Å². The van der Waals surface area contributed by atoms with Crippen LogP contribution in [-0.4, -0.2) is 107 Å². The number of pyridine rings is 1. The number of nitrogens with one attached hydrogen (secondary N) is 1. The average Bonchev–Trinajstić information content (AvgIpc) is 3.11. The van der Waals surface area contributed by atoms with Crippen LogP contribution in [-0.2, 0) is 16.1 Å². The molecule has 1 aromatic heterocycles. The van der Waals surface area contributed by atoms with E-state index in [-0.39, 0.29) is 30.8 Å². The number of rotatable bonds is 8. The maximum atomic E-state index is 13.5. The molecule has 1 unspecified atom stereocenters. The fraction of sp³-hybridized carbons (Fsp3) is 0.514. The van der Waals surface area contributed by atoms with Gasteiger partial charge in [0.05, 0.1) is 34.0 Å². The second-order valence-corrected chi connectivity index (χ2v) is 11.9. The Balaban J connectivity index is 1.46. The van der Waals surface area contributed by atoms with Gasteiger partial charge in [0, 0.05) is 75.3 Å². The van der Waals surface area contributed by atoms with Gasteiger partial charge in [-0.15, -0.1) is 0 Å². The Kier molecular flexibility index (Phi) is 11.5. The number of piperidine rings is 1. The predicted octanol–water partition coefficient (Wildman–Crippen LogP) is 3.74. The van der Waals surface area contributed by atoms with Crippen molar-refractivity contribution in [3.63, 3.8) is 0 Å². The minimum atomic E-state index is -0.179. The number of anilines is 1.